The quantitative estimate of drug-likeness (QED) is 0.574. The van der Waals surface area contributed by atoms with Gasteiger partial charge in [0.15, 0.2) is 5.16 Å². The van der Waals surface area contributed by atoms with Gasteiger partial charge in [0.05, 0.1) is 18.0 Å². The number of amides is 2. The largest absolute Gasteiger partial charge is 0.346 e. The van der Waals surface area contributed by atoms with Crippen LogP contribution in [0, 0.1) is 26.7 Å². The Kier molecular flexibility index (Phi) is 8.12. The van der Waals surface area contributed by atoms with Crippen molar-refractivity contribution in [2.45, 2.75) is 46.3 Å². The van der Waals surface area contributed by atoms with Gasteiger partial charge in [-0.1, -0.05) is 41.5 Å². The van der Waals surface area contributed by atoms with Crippen LogP contribution in [0.5, 0.6) is 0 Å². The molecule has 28 heavy (non-hydrogen) atoms. The Hall–Kier alpha value is -1.80. The van der Waals surface area contributed by atoms with Gasteiger partial charge < -0.3 is 15.2 Å². The van der Waals surface area contributed by atoms with Crippen LogP contribution in [0.1, 0.15) is 30.8 Å². The molecule has 0 aliphatic heterocycles. The van der Waals surface area contributed by atoms with Gasteiger partial charge in [0.2, 0.25) is 11.8 Å². The Labute approximate surface area is 179 Å². The van der Waals surface area contributed by atoms with E-state index < -0.39 is 0 Å². The van der Waals surface area contributed by atoms with Crippen molar-refractivity contribution in [1.82, 2.24) is 14.9 Å². The molecule has 0 bridgehead atoms. The van der Waals surface area contributed by atoms with Gasteiger partial charge in [-0.3, -0.25) is 9.59 Å². The third-order valence-electron chi connectivity index (χ3n) is 4.21. The molecule has 1 heterocycles. The molecule has 8 heteroatoms. The van der Waals surface area contributed by atoms with Crippen LogP contribution in [0.4, 0.5) is 5.69 Å². The minimum Gasteiger partial charge on any atom is -0.346 e. The molecule has 0 saturated heterocycles. The molecule has 2 N–H and O–H groups in total. The third-order valence-corrected chi connectivity index (χ3v) is 5.68. The van der Waals surface area contributed by atoms with Crippen LogP contribution < -0.4 is 10.6 Å². The number of nitrogens with zero attached hydrogens (tertiary/aromatic N) is 2. The number of carbonyl (C=O) groups is 2. The second kappa shape index (κ2) is 10.1. The molecule has 1 aromatic carbocycles. The molecule has 152 valence electrons. The van der Waals surface area contributed by atoms with Gasteiger partial charge in [-0.25, -0.2) is 4.98 Å². The third kappa shape index (κ3) is 6.38. The van der Waals surface area contributed by atoms with Gasteiger partial charge in [-0.15, -0.1) is 0 Å². The lowest BCUT2D eigenvalue weighted by Gasteiger charge is -2.12. The fourth-order valence-electron chi connectivity index (χ4n) is 2.64. The minimum atomic E-state index is -0.253. The summed E-state index contributed by atoms with van der Waals surface area (Å²) in [6.07, 6.45) is 0. The highest BCUT2D eigenvalue weighted by Gasteiger charge is 2.15. The molecule has 0 spiro atoms. The Morgan fingerprint density at radius 3 is 2.57 bits per heavy atom. The van der Waals surface area contributed by atoms with Crippen molar-refractivity contribution >= 4 is 45.2 Å². The number of hydrogen-bond acceptors (Lipinski definition) is 4. The number of anilines is 1. The van der Waals surface area contributed by atoms with Gasteiger partial charge >= 0.3 is 0 Å². The van der Waals surface area contributed by atoms with Crippen LogP contribution in [0.2, 0.25) is 0 Å². The zero-order chi connectivity index (χ0) is 20.8. The van der Waals surface area contributed by atoms with Crippen LogP contribution in [0.3, 0.4) is 0 Å². The Morgan fingerprint density at radius 1 is 1.21 bits per heavy atom. The van der Waals surface area contributed by atoms with Crippen molar-refractivity contribution < 1.29 is 9.59 Å². The van der Waals surface area contributed by atoms with E-state index in [0.29, 0.717) is 5.92 Å². The maximum absolute atomic E-state index is 12.2. The van der Waals surface area contributed by atoms with Crippen LogP contribution in [0.25, 0.3) is 0 Å². The van der Waals surface area contributed by atoms with Crippen LogP contribution >= 0.6 is 27.7 Å². The van der Waals surface area contributed by atoms with E-state index in [0.717, 1.165) is 38.8 Å². The van der Waals surface area contributed by atoms with Crippen LogP contribution in [0.15, 0.2) is 27.8 Å². The second-order valence-electron chi connectivity index (χ2n) is 7.14. The molecule has 0 aliphatic carbocycles. The molecule has 0 unspecified atom stereocenters. The summed E-state index contributed by atoms with van der Waals surface area (Å²) in [6.45, 7) is 11.1. The number of thioether (sulfide) groups is 1. The second-order valence-corrected chi connectivity index (χ2v) is 9.00. The number of rotatable bonds is 8. The average molecular weight is 467 g/mol. The topological polar surface area (TPSA) is 76.0 Å². The molecule has 2 aromatic rings. The van der Waals surface area contributed by atoms with E-state index in [1.165, 1.54) is 11.8 Å². The van der Waals surface area contributed by atoms with Crippen molar-refractivity contribution in [2.75, 3.05) is 17.6 Å². The highest BCUT2D eigenvalue weighted by Crippen LogP contribution is 2.22. The molecule has 0 atom stereocenters. The van der Waals surface area contributed by atoms with E-state index in [1.54, 1.807) is 0 Å². The van der Waals surface area contributed by atoms with Crippen LogP contribution in [-0.4, -0.2) is 33.7 Å². The normalized spacial score (nSPS) is 11.0. The number of carbonyl (C=O) groups excluding carboxylic acids is 2. The fourth-order valence-corrected chi connectivity index (χ4v) is 4.04. The number of hydrogen-bond donors (Lipinski definition) is 2. The Balaban J connectivity index is 1.84. The molecular formula is C20H27BrN4O2S. The van der Waals surface area contributed by atoms with Gasteiger partial charge in [0.25, 0.3) is 0 Å². The van der Waals surface area contributed by atoms with Crippen molar-refractivity contribution in [1.29, 1.82) is 0 Å². The first-order valence-electron chi connectivity index (χ1n) is 9.16. The summed E-state index contributed by atoms with van der Waals surface area (Å²) in [6, 6.07) is 5.61. The Morgan fingerprint density at radius 2 is 1.93 bits per heavy atom. The number of imidazole rings is 1. The fraction of sp³-hybridized carbons (Fsp3) is 0.450. The summed E-state index contributed by atoms with van der Waals surface area (Å²) < 4.78 is 3.11. The maximum Gasteiger partial charge on any atom is 0.243 e. The lowest BCUT2D eigenvalue weighted by atomic mass is 10.2. The molecule has 0 fully saturated rings. The predicted octanol–water partition coefficient (Wildman–Crippen LogP) is 4.07. The summed E-state index contributed by atoms with van der Waals surface area (Å²) in [5, 5.41) is 6.32. The summed E-state index contributed by atoms with van der Waals surface area (Å²) in [4.78, 5) is 28.8. The maximum atomic E-state index is 12.2. The van der Waals surface area contributed by atoms with E-state index >= 15 is 0 Å². The molecule has 6 nitrogen and oxygen atoms in total. The van der Waals surface area contributed by atoms with Gasteiger partial charge in [-0.05, 0) is 50.5 Å². The standard InChI is InChI=1S/C20H27BrN4O2S/c1-12(2)10-25-15(5)14(4)23-20(25)28-11-19(27)22-9-18(26)24-17-7-6-16(21)8-13(17)3/h6-8,12H,9-11H2,1-5H3,(H,22,27)(H,24,26). The summed E-state index contributed by atoms with van der Waals surface area (Å²) >= 11 is 4.79. The lowest BCUT2D eigenvalue weighted by Crippen LogP contribution is -2.34. The summed E-state index contributed by atoms with van der Waals surface area (Å²) in [5.41, 5.74) is 3.79. The van der Waals surface area contributed by atoms with Gasteiger partial charge in [-0.2, -0.15) is 0 Å². The number of nitrogens with one attached hydrogen (secondary N) is 2. The summed E-state index contributed by atoms with van der Waals surface area (Å²) in [7, 11) is 0. The molecule has 2 amide bonds. The van der Waals surface area contributed by atoms with Crippen molar-refractivity contribution in [3.8, 4) is 0 Å². The molecule has 0 aliphatic rings. The molecule has 2 rings (SSSR count). The Bertz CT molecular complexity index is 864. The zero-order valence-corrected chi connectivity index (χ0v) is 19.3. The smallest absolute Gasteiger partial charge is 0.243 e. The SMILES string of the molecule is Cc1cc(Br)ccc1NC(=O)CNC(=O)CSc1nc(C)c(C)n1CC(C)C. The minimum absolute atomic E-state index is 0.0621. The lowest BCUT2D eigenvalue weighted by molar-refractivity contribution is -0.122. The van der Waals surface area contributed by atoms with Gasteiger partial charge in [0, 0.05) is 22.4 Å². The highest BCUT2D eigenvalue weighted by molar-refractivity contribution is 9.10. The molecule has 0 saturated carbocycles. The first-order chi connectivity index (χ1) is 13.2. The number of aryl methyl sites for hydroxylation is 2. The first-order valence-corrected chi connectivity index (χ1v) is 10.9. The van der Waals surface area contributed by atoms with Crippen LogP contribution in [-0.2, 0) is 16.1 Å². The first kappa shape index (κ1) is 22.5. The number of benzene rings is 1. The van der Waals surface area contributed by atoms with E-state index in [4.69, 9.17) is 0 Å². The number of aromatic nitrogens is 2. The van der Waals surface area contributed by atoms with Crippen molar-refractivity contribution in [3.05, 3.63) is 39.6 Å². The van der Waals surface area contributed by atoms with Gasteiger partial charge in [0.1, 0.15) is 0 Å². The highest BCUT2D eigenvalue weighted by atomic mass is 79.9. The summed E-state index contributed by atoms with van der Waals surface area (Å²) in [5.74, 6) is 0.267. The zero-order valence-electron chi connectivity index (χ0n) is 16.9. The van der Waals surface area contributed by atoms with Crippen molar-refractivity contribution in [2.24, 2.45) is 5.92 Å². The monoisotopic (exact) mass is 466 g/mol. The molecule has 0 radical (unpaired) electrons. The van der Waals surface area contributed by atoms with Crippen molar-refractivity contribution in [3.63, 3.8) is 0 Å². The van der Waals surface area contributed by atoms with E-state index in [-0.39, 0.29) is 24.1 Å². The van der Waals surface area contributed by atoms with E-state index in [9.17, 15) is 9.59 Å². The number of halogens is 1. The van der Waals surface area contributed by atoms with E-state index in [2.05, 4.69) is 50.0 Å². The molecular weight excluding hydrogens is 440 g/mol. The predicted molar refractivity (Wildman–Crippen MR) is 118 cm³/mol. The average Bonchev–Trinajstić information content (AvgIpc) is 2.88. The van der Waals surface area contributed by atoms with E-state index in [1.807, 2.05) is 39.0 Å². The molecule has 1 aromatic heterocycles.